The van der Waals surface area contributed by atoms with Crippen LogP contribution in [0.4, 0.5) is 0 Å². The fourth-order valence-electron chi connectivity index (χ4n) is 2.13. The molecule has 19 heavy (non-hydrogen) atoms. The summed E-state index contributed by atoms with van der Waals surface area (Å²) in [5.41, 5.74) is 2.14. The van der Waals surface area contributed by atoms with Gasteiger partial charge in [0.15, 0.2) is 0 Å². The van der Waals surface area contributed by atoms with Gasteiger partial charge in [0, 0.05) is 41.2 Å². The van der Waals surface area contributed by atoms with Gasteiger partial charge in [0.1, 0.15) is 5.82 Å². The Bertz CT molecular complexity index is 582. The van der Waals surface area contributed by atoms with Gasteiger partial charge in [-0.2, -0.15) is 0 Å². The molecule has 0 aliphatic rings. The lowest BCUT2D eigenvalue weighted by molar-refractivity contribution is 0.611. The van der Waals surface area contributed by atoms with E-state index in [2.05, 4.69) is 15.6 Å². The van der Waals surface area contributed by atoms with Gasteiger partial charge in [0.2, 0.25) is 0 Å². The number of nitrogens with zero attached hydrogens (tertiary/aromatic N) is 2. The van der Waals surface area contributed by atoms with E-state index in [1.807, 2.05) is 25.1 Å². The van der Waals surface area contributed by atoms with Crippen molar-refractivity contribution in [3.05, 3.63) is 30.1 Å². The highest BCUT2D eigenvalue weighted by molar-refractivity contribution is 7.84. The second-order valence-corrected chi connectivity index (χ2v) is 6.89. The molecule has 0 saturated carbocycles. The molecule has 0 fully saturated rings. The Hall–Kier alpha value is -0.870. The van der Waals surface area contributed by atoms with Crippen molar-refractivity contribution in [3.8, 4) is 0 Å². The fourth-order valence-corrected chi connectivity index (χ4v) is 2.73. The minimum Gasteiger partial charge on any atom is -0.328 e. The molecule has 0 amide bonds. The molecule has 104 valence electrons. The lowest BCUT2D eigenvalue weighted by Crippen LogP contribution is -2.14. The van der Waals surface area contributed by atoms with Gasteiger partial charge in [0.25, 0.3) is 0 Å². The lowest BCUT2D eigenvalue weighted by atomic mass is 10.3. The van der Waals surface area contributed by atoms with E-state index in [-0.39, 0.29) is 5.25 Å². The second kappa shape index (κ2) is 6.53. The van der Waals surface area contributed by atoms with Crippen molar-refractivity contribution in [1.29, 1.82) is 0 Å². The maximum atomic E-state index is 11.4. The molecular weight excluding hydrogens is 280 g/mol. The third-order valence-corrected chi connectivity index (χ3v) is 4.94. The van der Waals surface area contributed by atoms with Gasteiger partial charge >= 0.3 is 0 Å². The Kier molecular flexibility index (Phi) is 4.99. The molecule has 0 N–H and O–H groups in total. The van der Waals surface area contributed by atoms with Crippen molar-refractivity contribution in [1.82, 2.24) is 9.55 Å². The van der Waals surface area contributed by atoms with Crippen LogP contribution in [0.3, 0.4) is 0 Å². The van der Waals surface area contributed by atoms with Crippen LogP contribution in [0.5, 0.6) is 0 Å². The number of fused-ring (bicyclic) bond motifs is 1. The summed E-state index contributed by atoms with van der Waals surface area (Å²) < 4.78 is 13.7. The summed E-state index contributed by atoms with van der Waals surface area (Å²) in [5, 5.41) is 0.199. The number of hydrogen-bond acceptors (Lipinski definition) is 2. The molecule has 0 radical (unpaired) electrons. The molecule has 2 rings (SSSR count). The van der Waals surface area contributed by atoms with Crippen molar-refractivity contribution in [3.63, 3.8) is 0 Å². The summed E-state index contributed by atoms with van der Waals surface area (Å²) in [6.07, 6.45) is 3.41. The number of benzene rings is 1. The average Bonchev–Trinajstić information content (AvgIpc) is 2.74. The molecule has 1 heterocycles. The van der Waals surface area contributed by atoms with Gasteiger partial charge in [-0.15, -0.1) is 11.6 Å². The number of para-hydroxylation sites is 2. The van der Waals surface area contributed by atoms with Crippen molar-refractivity contribution in [2.24, 2.45) is 0 Å². The Labute approximate surface area is 121 Å². The number of halogens is 1. The van der Waals surface area contributed by atoms with Gasteiger partial charge in [-0.3, -0.25) is 4.21 Å². The standard InChI is InChI=1S/C14H19ClN2OS/c1-11(19(2)18)8-10-17-13-6-4-3-5-12(13)16-14(17)7-9-15/h3-6,11H,7-10H2,1-2H3. The van der Waals surface area contributed by atoms with Crippen molar-refractivity contribution >= 4 is 33.4 Å². The van der Waals surface area contributed by atoms with E-state index in [1.165, 1.54) is 0 Å². The van der Waals surface area contributed by atoms with Crippen molar-refractivity contribution < 1.29 is 4.21 Å². The molecule has 1 aromatic carbocycles. The van der Waals surface area contributed by atoms with E-state index in [9.17, 15) is 4.21 Å². The topological polar surface area (TPSA) is 34.9 Å². The Morgan fingerprint density at radius 3 is 2.84 bits per heavy atom. The Morgan fingerprint density at radius 1 is 1.42 bits per heavy atom. The largest absolute Gasteiger partial charge is 0.328 e. The predicted molar refractivity (Wildman–Crippen MR) is 82.3 cm³/mol. The maximum Gasteiger partial charge on any atom is 0.111 e. The van der Waals surface area contributed by atoms with Crippen molar-refractivity contribution in [2.75, 3.05) is 12.1 Å². The monoisotopic (exact) mass is 298 g/mol. The summed E-state index contributed by atoms with van der Waals surface area (Å²) in [6.45, 7) is 2.87. The summed E-state index contributed by atoms with van der Waals surface area (Å²) in [4.78, 5) is 4.63. The molecule has 2 unspecified atom stereocenters. The summed E-state index contributed by atoms with van der Waals surface area (Å²) in [5.74, 6) is 1.59. The van der Waals surface area contributed by atoms with Crippen LogP contribution in [0, 0.1) is 0 Å². The van der Waals surface area contributed by atoms with E-state index >= 15 is 0 Å². The van der Waals surface area contributed by atoms with E-state index in [1.54, 1.807) is 6.26 Å². The minimum atomic E-state index is -0.776. The molecule has 0 aliphatic carbocycles. The Balaban J connectivity index is 2.28. The molecule has 0 aliphatic heterocycles. The predicted octanol–water partition coefficient (Wildman–Crippen LogP) is 2.97. The highest BCUT2D eigenvalue weighted by Gasteiger charge is 2.12. The SMILES string of the molecule is CC(CCn1c(CCCl)nc2ccccc21)S(C)=O. The number of aromatic nitrogens is 2. The zero-order valence-corrected chi connectivity index (χ0v) is 12.9. The first-order valence-electron chi connectivity index (χ1n) is 6.46. The van der Waals surface area contributed by atoms with Crippen LogP contribution < -0.4 is 0 Å². The number of imidazole rings is 1. The zero-order valence-electron chi connectivity index (χ0n) is 11.3. The van der Waals surface area contributed by atoms with Crippen LogP contribution in [-0.2, 0) is 23.8 Å². The third-order valence-electron chi connectivity index (χ3n) is 3.38. The molecule has 3 nitrogen and oxygen atoms in total. The van der Waals surface area contributed by atoms with Crippen molar-refractivity contribution in [2.45, 2.75) is 31.6 Å². The average molecular weight is 299 g/mol. The van der Waals surface area contributed by atoms with Gasteiger partial charge in [-0.05, 0) is 18.6 Å². The highest BCUT2D eigenvalue weighted by Crippen LogP contribution is 2.18. The summed E-state index contributed by atoms with van der Waals surface area (Å²) >= 11 is 5.85. The molecule has 1 aromatic heterocycles. The number of alkyl halides is 1. The third kappa shape index (κ3) is 3.37. The smallest absolute Gasteiger partial charge is 0.111 e. The first-order valence-corrected chi connectivity index (χ1v) is 8.61. The maximum absolute atomic E-state index is 11.4. The van der Waals surface area contributed by atoms with Gasteiger partial charge < -0.3 is 4.57 Å². The molecule has 0 saturated heterocycles. The molecule has 0 bridgehead atoms. The van der Waals surface area contributed by atoms with Crippen LogP contribution in [0.15, 0.2) is 24.3 Å². The molecular formula is C14H19ClN2OS. The molecule has 0 spiro atoms. The van der Waals surface area contributed by atoms with Gasteiger partial charge in [0.05, 0.1) is 11.0 Å². The van der Waals surface area contributed by atoms with Crippen LogP contribution in [0.2, 0.25) is 0 Å². The Morgan fingerprint density at radius 2 is 2.16 bits per heavy atom. The quantitative estimate of drug-likeness (QED) is 0.769. The fraction of sp³-hybridized carbons (Fsp3) is 0.500. The van der Waals surface area contributed by atoms with Crippen LogP contribution in [-0.4, -0.2) is 31.1 Å². The van der Waals surface area contributed by atoms with Gasteiger partial charge in [-0.1, -0.05) is 19.1 Å². The molecule has 2 atom stereocenters. The van der Waals surface area contributed by atoms with Crippen LogP contribution in [0.1, 0.15) is 19.2 Å². The molecule has 5 heteroatoms. The number of rotatable bonds is 6. The van der Waals surface area contributed by atoms with E-state index < -0.39 is 10.8 Å². The zero-order chi connectivity index (χ0) is 13.8. The minimum absolute atomic E-state index is 0.199. The lowest BCUT2D eigenvalue weighted by Gasteiger charge is -2.12. The summed E-state index contributed by atoms with van der Waals surface area (Å²) in [6, 6.07) is 8.11. The first kappa shape index (κ1) is 14.5. The van der Waals surface area contributed by atoms with E-state index in [0.717, 1.165) is 36.2 Å². The summed E-state index contributed by atoms with van der Waals surface area (Å²) in [7, 11) is -0.776. The highest BCUT2D eigenvalue weighted by atomic mass is 35.5. The molecule has 2 aromatic rings. The van der Waals surface area contributed by atoms with Gasteiger partial charge in [-0.25, -0.2) is 4.98 Å². The first-order chi connectivity index (χ1) is 9.13. The van der Waals surface area contributed by atoms with E-state index in [4.69, 9.17) is 11.6 Å². The second-order valence-electron chi connectivity index (χ2n) is 4.71. The van der Waals surface area contributed by atoms with Crippen LogP contribution >= 0.6 is 11.6 Å². The van der Waals surface area contributed by atoms with E-state index in [0.29, 0.717) is 5.88 Å². The number of hydrogen-bond donors (Lipinski definition) is 0. The number of aryl methyl sites for hydroxylation is 2. The van der Waals surface area contributed by atoms with Crippen LogP contribution in [0.25, 0.3) is 11.0 Å². The normalized spacial score (nSPS) is 14.7.